The second-order valence-electron chi connectivity index (χ2n) is 10.4. The summed E-state index contributed by atoms with van der Waals surface area (Å²) in [7, 11) is 0. The molecule has 0 spiro atoms. The van der Waals surface area contributed by atoms with E-state index in [9.17, 15) is 9.59 Å². The molecule has 1 N–H and O–H groups in total. The van der Waals surface area contributed by atoms with Crippen molar-refractivity contribution in [2.75, 3.05) is 19.6 Å². The number of hydrogen-bond donors (Lipinski definition) is 1. The van der Waals surface area contributed by atoms with E-state index < -0.39 is 0 Å². The number of fused-ring (bicyclic) bond motifs is 2. The van der Waals surface area contributed by atoms with E-state index in [2.05, 4.69) is 40.5 Å². The Hall–Kier alpha value is -2.21. The van der Waals surface area contributed by atoms with Gasteiger partial charge in [0.05, 0.1) is 18.4 Å². The normalized spacial score (nSPS) is 27.9. The van der Waals surface area contributed by atoms with Gasteiger partial charge in [-0.25, -0.2) is 0 Å². The number of carbonyl (C=O) groups is 2. The summed E-state index contributed by atoms with van der Waals surface area (Å²) in [4.78, 5) is 28.6. The molecule has 2 amide bonds. The highest BCUT2D eigenvalue weighted by Crippen LogP contribution is 2.38. The van der Waals surface area contributed by atoms with E-state index >= 15 is 0 Å². The van der Waals surface area contributed by atoms with Gasteiger partial charge in [0.1, 0.15) is 0 Å². The van der Waals surface area contributed by atoms with Gasteiger partial charge < -0.3 is 5.32 Å². The number of rotatable bonds is 4. The number of piperidine rings is 1. The van der Waals surface area contributed by atoms with Gasteiger partial charge in [0.2, 0.25) is 11.8 Å². The summed E-state index contributed by atoms with van der Waals surface area (Å²) in [5.41, 5.74) is 2.47. The van der Waals surface area contributed by atoms with Gasteiger partial charge in [-0.05, 0) is 49.3 Å². The van der Waals surface area contributed by atoms with Crippen molar-refractivity contribution in [2.45, 2.75) is 57.7 Å². The quantitative estimate of drug-likeness (QED) is 0.627. The van der Waals surface area contributed by atoms with E-state index in [4.69, 9.17) is 0 Å². The van der Waals surface area contributed by atoms with E-state index in [-0.39, 0.29) is 36.1 Å². The molecule has 35 heavy (non-hydrogen) atoms. The minimum absolute atomic E-state index is 0. The predicted molar refractivity (Wildman–Crippen MR) is 141 cm³/mol. The van der Waals surface area contributed by atoms with Gasteiger partial charge >= 0.3 is 0 Å². The third kappa shape index (κ3) is 6.14. The molecule has 2 aromatic carbocycles. The van der Waals surface area contributed by atoms with E-state index in [1.54, 1.807) is 0 Å². The number of hydrogen-bond acceptors (Lipinski definition) is 4. The Morgan fingerprint density at radius 1 is 0.714 bits per heavy atom. The first-order valence-electron chi connectivity index (χ1n) is 13.1. The topological polar surface area (TPSA) is 52.7 Å². The lowest BCUT2D eigenvalue weighted by Crippen LogP contribution is -2.40. The molecule has 2 aromatic rings. The molecule has 3 aliphatic heterocycles. The number of nitrogens with zero attached hydrogens (tertiary/aromatic N) is 2. The highest BCUT2D eigenvalue weighted by atomic mass is 35.5. The first-order valence-corrected chi connectivity index (χ1v) is 13.1. The maximum atomic E-state index is 12.3. The van der Waals surface area contributed by atoms with Gasteiger partial charge in [0.15, 0.2) is 0 Å². The van der Waals surface area contributed by atoms with Crippen LogP contribution in [-0.4, -0.2) is 47.3 Å². The van der Waals surface area contributed by atoms with Gasteiger partial charge in [0, 0.05) is 25.7 Å². The molecule has 1 aliphatic carbocycles. The largest absolute Gasteiger partial charge is 0.312 e. The van der Waals surface area contributed by atoms with Crippen molar-refractivity contribution < 1.29 is 9.59 Å². The predicted octanol–water partition coefficient (Wildman–Crippen LogP) is 4.65. The molecule has 188 valence electrons. The SMILES string of the molecule is Cl.O=C1C2CCCC[C@@H]2C(=O)N1Cc1ccccc1.c1ccc(CN2CC3CCCN[C@@H]3C2)cc1. The monoisotopic (exact) mass is 495 g/mol. The van der Waals surface area contributed by atoms with Gasteiger partial charge in [-0.3, -0.25) is 19.4 Å². The molecule has 6 heteroatoms. The molecule has 4 aliphatic rings. The van der Waals surface area contributed by atoms with E-state index in [0.29, 0.717) is 6.54 Å². The fourth-order valence-corrected chi connectivity index (χ4v) is 6.26. The van der Waals surface area contributed by atoms with Crippen LogP contribution in [0.25, 0.3) is 0 Å². The zero-order valence-electron chi connectivity index (χ0n) is 20.5. The molecular weight excluding hydrogens is 458 g/mol. The highest BCUT2D eigenvalue weighted by Gasteiger charge is 2.47. The summed E-state index contributed by atoms with van der Waals surface area (Å²) in [6.07, 6.45) is 6.73. The van der Waals surface area contributed by atoms with Crippen LogP contribution in [0.1, 0.15) is 49.7 Å². The fourth-order valence-electron chi connectivity index (χ4n) is 6.26. The zero-order valence-corrected chi connectivity index (χ0v) is 21.3. The summed E-state index contributed by atoms with van der Waals surface area (Å²) >= 11 is 0. The number of nitrogens with one attached hydrogen (secondary N) is 1. The molecule has 1 saturated carbocycles. The van der Waals surface area contributed by atoms with Crippen molar-refractivity contribution in [1.29, 1.82) is 0 Å². The lowest BCUT2D eigenvalue weighted by atomic mass is 9.81. The van der Waals surface area contributed by atoms with Crippen molar-refractivity contribution in [2.24, 2.45) is 17.8 Å². The van der Waals surface area contributed by atoms with Crippen LogP contribution in [0.4, 0.5) is 0 Å². The first kappa shape index (κ1) is 25.9. The number of imide groups is 1. The molecule has 2 unspecified atom stereocenters. The van der Waals surface area contributed by atoms with Crippen LogP contribution in [0, 0.1) is 17.8 Å². The summed E-state index contributed by atoms with van der Waals surface area (Å²) < 4.78 is 0. The molecule has 6 rings (SSSR count). The van der Waals surface area contributed by atoms with Gasteiger partial charge in [-0.15, -0.1) is 12.4 Å². The molecule has 3 heterocycles. The standard InChI is InChI=1S/C15H17NO2.C14H20N2.ClH/c17-14-12-8-4-5-9-13(12)15(18)16(14)10-11-6-2-1-3-7-11;1-2-5-12(6-3-1)9-16-10-13-7-4-8-15-14(13)11-16;/h1-3,6-7,12-13H,4-5,8-10H2;1-3,5-6,13-15H,4,7-11H2;1H/t12-,13?;13?,14-;/m01./s1. The average Bonchev–Trinajstić information content (AvgIpc) is 3.40. The molecule has 4 atom stereocenters. The molecule has 0 bridgehead atoms. The highest BCUT2D eigenvalue weighted by molar-refractivity contribution is 6.05. The zero-order chi connectivity index (χ0) is 23.3. The Morgan fingerprint density at radius 2 is 1.29 bits per heavy atom. The number of likely N-dealkylation sites (tertiary alicyclic amines) is 2. The van der Waals surface area contributed by atoms with Crippen LogP contribution in [0.3, 0.4) is 0 Å². The molecule has 0 radical (unpaired) electrons. The fraction of sp³-hybridized carbons (Fsp3) is 0.517. The minimum Gasteiger partial charge on any atom is -0.312 e. The first-order chi connectivity index (χ1) is 16.7. The van der Waals surface area contributed by atoms with Crippen molar-refractivity contribution in [3.8, 4) is 0 Å². The Kier molecular flexibility index (Phi) is 8.99. The molecule has 4 fully saturated rings. The third-order valence-electron chi connectivity index (χ3n) is 8.04. The summed E-state index contributed by atoms with van der Waals surface area (Å²) in [6, 6.07) is 21.3. The Bertz CT molecular complexity index is 932. The maximum Gasteiger partial charge on any atom is 0.233 e. The van der Waals surface area contributed by atoms with Crippen molar-refractivity contribution in [3.63, 3.8) is 0 Å². The van der Waals surface area contributed by atoms with Crippen LogP contribution < -0.4 is 5.32 Å². The van der Waals surface area contributed by atoms with Crippen molar-refractivity contribution in [3.05, 3.63) is 71.8 Å². The van der Waals surface area contributed by atoms with Crippen LogP contribution in [-0.2, 0) is 22.7 Å². The third-order valence-corrected chi connectivity index (χ3v) is 8.04. The van der Waals surface area contributed by atoms with Crippen LogP contribution >= 0.6 is 12.4 Å². The number of carbonyl (C=O) groups excluding carboxylic acids is 2. The Morgan fingerprint density at radius 3 is 1.86 bits per heavy atom. The van der Waals surface area contributed by atoms with E-state index in [0.717, 1.165) is 49.8 Å². The van der Waals surface area contributed by atoms with Gasteiger partial charge in [-0.1, -0.05) is 73.5 Å². The van der Waals surface area contributed by atoms with Gasteiger partial charge in [0.25, 0.3) is 0 Å². The lowest BCUT2D eigenvalue weighted by Gasteiger charge is -2.24. The number of benzene rings is 2. The number of amides is 2. The summed E-state index contributed by atoms with van der Waals surface area (Å²) in [5.74, 6) is 0.935. The summed E-state index contributed by atoms with van der Waals surface area (Å²) in [6.45, 7) is 5.30. The van der Waals surface area contributed by atoms with Crippen molar-refractivity contribution >= 4 is 24.2 Å². The average molecular weight is 496 g/mol. The smallest absolute Gasteiger partial charge is 0.233 e. The van der Waals surface area contributed by atoms with Crippen LogP contribution in [0.5, 0.6) is 0 Å². The Labute approximate surface area is 215 Å². The van der Waals surface area contributed by atoms with E-state index in [1.807, 2.05) is 30.3 Å². The van der Waals surface area contributed by atoms with E-state index in [1.165, 1.54) is 42.9 Å². The Balaban J connectivity index is 0.000000161. The molecule has 0 aromatic heterocycles. The van der Waals surface area contributed by atoms with Crippen LogP contribution in [0.2, 0.25) is 0 Å². The summed E-state index contributed by atoms with van der Waals surface area (Å²) in [5, 5.41) is 3.66. The van der Waals surface area contributed by atoms with Crippen LogP contribution in [0.15, 0.2) is 60.7 Å². The minimum atomic E-state index is -0.0324. The van der Waals surface area contributed by atoms with Crippen molar-refractivity contribution in [1.82, 2.24) is 15.1 Å². The second-order valence-corrected chi connectivity index (χ2v) is 10.4. The van der Waals surface area contributed by atoms with Gasteiger partial charge in [-0.2, -0.15) is 0 Å². The second kappa shape index (κ2) is 12.2. The lowest BCUT2D eigenvalue weighted by molar-refractivity contribution is -0.140. The molecule has 5 nitrogen and oxygen atoms in total. The molecular formula is C29H38ClN3O2. The number of halogens is 1. The molecule has 3 saturated heterocycles. The maximum absolute atomic E-state index is 12.3.